The molecular formula is C24H25N3O. The molecular weight excluding hydrogens is 346 g/mol. The van der Waals surface area contributed by atoms with Gasteiger partial charge in [0.2, 0.25) is 0 Å². The van der Waals surface area contributed by atoms with Gasteiger partial charge in [-0.1, -0.05) is 30.3 Å². The summed E-state index contributed by atoms with van der Waals surface area (Å²) in [5, 5.41) is 3.14. The minimum atomic E-state index is -0.0375. The molecule has 4 nitrogen and oxygen atoms in total. The number of anilines is 1. The third-order valence-electron chi connectivity index (χ3n) is 5.59. The number of fused-ring (bicyclic) bond motifs is 1. The van der Waals surface area contributed by atoms with Gasteiger partial charge in [0.05, 0.1) is 6.04 Å². The minimum Gasteiger partial charge on any atom is -0.362 e. The van der Waals surface area contributed by atoms with Gasteiger partial charge in [0.15, 0.2) is 0 Å². The molecule has 28 heavy (non-hydrogen) atoms. The fourth-order valence-electron chi connectivity index (χ4n) is 3.84. The van der Waals surface area contributed by atoms with Crippen LogP contribution in [0.2, 0.25) is 0 Å². The third kappa shape index (κ3) is 3.63. The highest BCUT2D eigenvalue weighted by molar-refractivity contribution is 5.94. The predicted molar refractivity (Wildman–Crippen MR) is 113 cm³/mol. The van der Waals surface area contributed by atoms with Crippen LogP contribution in [-0.4, -0.2) is 24.0 Å². The number of benzene rings is 2. The lowest BCUT2D eigenvalue weighted by atomic mass is 10.0. The zero-order chi connectivity index (χ0) is 19.5. The van der Waals surface area contributed by atoms with Crippen LogP contribution in [0, 0.1) is 13.8 Å². The highest BCUT2D eigenvalue weighted by Crippen LogP contribution is 2.34. The first-order chi connectivity index (χ1) is 13.6. The summed E-state index contributed by atoms with van der Waals surface area (Å²) in [6.45, 7) is 5.57. The topological polar surface area (TPSA) is 45.2 Å². The Balaban J connectivity index is 1.57. The summed E-state index contributed by atoms with van der Waals surface area (Å²) in [6.07, 6.45) is 4.71. The normalized spacial score (nSPS) is 13.9. The third-order valence-corrected chi connectivity index (χ3v) is 5.59. The van der Waals surface area contributed by atoms with Gasteiger partial charge in [-0.3, -0.25) is 9.78 Å². The highest BCUT2D eigenvalue weighted by Gasteiger charge is 2.27. The summed E-state index contributed by atoms with van der Waals surface area (Å²) in [5.74, 6) is -0.0375. The van der Waals surface area contributed by atoms with Crippen molar-refractivity contribution in [3.63, 3.8) is 0 Å². The maximum absolute atomic E-state index is 12.8. The number of aromatic nitrogens is 1. The molecule has 2 heterocycles. The molecule has 0 fully saturated rings. The molecule has 3 aromatic rings. The fraction of sp³-hybridized carbons (Fsp3) is 0.250. The number of nitrogens with one attached hydrogen (secondary N) is 1. The summed E-state index contributed by atoms with van der Waals surface area (Å²) in [6, 6.07) is 18.4. The second-order valence-corrected chi connectivity index (χ2v) is 7.38. The molecule has 1 aromatic heterocycles. The lowest BCUT2D eigenvalue weighted by molar-refractivity contribution is 0.0951. The molecule has 0 aliphatic carbocycles. The number of carbonyl (C=O) groups excluding carboxylic acids is 1. The molecule has 142 valence electrons. The summed E-state index contributed by atoms with van der Waals surface area (Å²) in [7, 11) is 0. The quantitative estimate of drug-likeness (QED) is 0.730. The number of pyridine rings is 1. The van der Waals surface area contributed by atoms with Crippen molar-refractivity contribution in [1.82, 2.24) is 10.3 Å². The smallest absolute Gasteiger partial charge is 0.251 e. The van der Waals surface area contributed by atoms with E-state index in [1.807, 2.05) is 37.4 Å². The molecule has 0 saturated carbocycles. The molecule has 4 heteroatoms. The van der Waals surface area contributed by atoms with E-state index in [1.165, 1.54) is 16.8 Å². The van der Waals surface area contributed by atoms with Gasteiger partial charge in [0, 0.05) is 36.7 Å². The maximum atomic E-state index is 12.8. The molecule has 1 unspecified atom stereocenters. The average Bonchev–Trinajstić information content (AvgIpc) is 3.15. The first kappa shape index (κ1) is 18.2. The van der Waals surface area contributed by atoms with Crippen molar-refractivity contribution in [1.29, 1.82) is 0 Å². The van der Waals surface area contributed by atoms with Crippen molar-refractivity contribution in [2.45, 2.75) is 26.3 Å². The van der Waals surface area contributed by atoms with Crippen LogP contribution < -0.4 is 10.2 Å². The molecule has 1 N–H and O–H groups in total. The van der Waals surface area contributed by atoms with Gasteiger partial charge in [-0.25, -0.2) is 0 Å². The van der Waals surface area contributed by atoms with E-state index in [4.69, 9.17) is 0 Å². The lowest BCUT2D eigenvalue weighted by Crippen LogP contribution is -2.37. The Morgan fingerprint density at radius 3 is 2.75 bits per heavy atom. The van der Waals surface area contributed by atoms with E-state index in [9.17, 15) is 4.79 Å². The number of para-hydroxylation sites is 1. The Hall–Kier alpha value is -3.14. The van der Waals surface area contributed by atoms with E-state index in [0.29, 0.717) is 12.1 Å². The summed E-state index contributed by atoms with van der Waals surface area (Å²) in [4.78, 5) is 19.4. The van der Waals surface area contributed by atoms with E-state index in [-0.39, 0.29) is 11.9 Å². The first-order valence-electron chi connectivity index (χ1n) is 9.73. The number of rotatable bonds is 5. The Labute approximate surface area is 166 Å². The highest BCUT2D eigenvalue weighted by atomic mass is 16.1. The summed E-state index contributed by atoms with van der Waals surface area (Å²) in [5.41, 5.74) is 6.74. The van der Waals surface area contributed by atoms with Crippen molar-refractivity contribution in [3.05, 3.63) is 94.8 Å². The standard InChI is InChI=1S/C24H25N3O/c1-17-9-10-20(14-18(17)2)24(28)26-16-23(21-7-5-12-25-15-21)27-13-11-19-6-3-4-8-22(19)27/h3-10,12,14-15,23H,11,13,16H2,1-2H3,(H,26,28). The van der Waals surface area contributed by atoms with Crippen LogP contribution in [0.4, 0.5) is 5.69 Å². The zero-order valence-electron chi connectivity index (χ0n) is 16.4. The van der Waals surface area contributed by atoms with Crippen LogP contribution in [-0.2, 0) is 6.42 Å². The predicted octanol–water partition coefficient (Wildman–Crippen LogP) is 4.23. The number of amides is 1. The number of hydrogen-bond donors (Lipinski definition) is 1. The van der Waals surface area contributed by atoms with Gasteiger partial charge in [0.25, 0.3) is 5.91 Å². The molecule has 0 bridgehead atoms. The average molecular weight is 371 g/mol. The fourth-order valence-corrected chi connectivity index (χ4v) is 3.84. The van der Waals surface area contributed by atoms with Crippen molar-refractivity contribution in [2.75, 3.05) is 18.0 Å². The van der Waals surface area contributed by atoms with Gasteiger partial charge < -0.3 is 10.2 Å². The Morgan fingerprint density at radius 2 is 1.96 bits per heavy atom. The summed E-state index contributed by atoms with van der Waals surface area (Å²) >= 11 is 0. The van der Waals surface area contributed by atoms with E-state index >= 15 is 0 Å². The molecule has 4 rings (SSSR count). The molecule has 1 aliphatic heterocycles. The molecule has 0 radical (unpaired) electrons. The van der Waals surface area contributed by atoms with Crippen molar-refractivity contribution >= 4 is 11.6 Å². The number of carbonyl (C=O) groups is 1. The van der Waals surface area contributed by atoms with E-state index in [0.717, 1.165) is 24.1 Å². The van der Waals surface area contributed by atoms with Crippen LogP contribution in [0.3, 0.4) is 0 Å². The minimum absolute atomic E-state index is 0.0375. The van der Waals surface area contributed by atoms with Crippen LogP contribution >= 0.6 is 0 Å². The van der Waals surface area contributed by atoms with Crippen molar-refractivity contribution in [2.24, 2.45) is 0 Å². The van der Waals surface area contributed by atoms with Gasteiger partial charge >= 0.3 is 0 Å². The second-order valence-electron chi connectivity index (χ2n) is 7.38. The van der Waals surface area contributed by atoms with E-state index in [2.05, 4.69) is 52.5 Å². The zero-order valence-corrected chi connectivity index (χ0v) is 16.4. The first-order valence-corrected chi connectivity index (χ1v) is 9.73. The van der Waals surface area contributed by atoms with Gasteiger partial charge in [-0.05, 0) is 66.8 Å². The van der Waals surface area contributed by atoms with Crippen LogP contribution in [0.25, 0.3) is 0 Å². The molecule has 0 spiro atoms. The second kappa shape index (κ2) is 7.85. The van der Waals surface area contributed by atoms with Gasteiger partial charge in [-0.15, -0.1) is 0 Å². The van der Waals surface area contributed by atoms with E-state index in [1.54, 1.807) is 6.20 Å². The Kier molecular flexibility index (Phi) is 5.11. The number of hydrogen-bond acceptors (Lipinski definition) is 3. The van der Waals surface area contributed by atoms with Crippen LogP contribution in [0.1, 0.15) is 38.7 Å². The lowest BCUT2D eigenvalue weighted by Gasteiger charge is -2.31. The molecule has 1 amide bonds. The molecule has 1 aliphatic rings. The Bertz CT molecular complexity index is 984. The SMILES string of the molecule is Cc1ccc(C(=O)NCC(c2cccnc2)N2CCc3ccccc32)cc1C. The largest absolute Gasteiger partial charge is 0.362 e. The maximum Gasteiger partial charge on any atom is 0.251 e. The van der Waals surface area contributed by atoms with Gasteiger partial charge in [-0.2, -0.15) is 0 Å². The van der Waals surface area contributed by atoms with Gasteiger partial charge in [0.1, 0.15) is 0 Å². The Morgan fingerprint density at radius 1 is 1.11 bits per heavy atom. The van der Waals surface area contributed by atoms with Crippen molar-refractivity contribution in [3.8, 4) is 0 Å². The molecule has 2 aromatic carbocycles. The number of nitrogens with zero attached hydrogens (tertiary/aromatic N) is 2. The molecule has 0 saturated heterocycles. The monoisotopic (exact) mass is 371 g/mol. The van der Waals surface area contributed by atoms with E-state index < -0.39 is 0 Å². The van der Waals surface area contributed by atoms with Crippen LogP contribution in [0.15, 0.2) is 67.0 Å². The summed E-state index contributed by atoms with van der Waals surface area (Å²) < 4.78 is 0. The molecule has 1 atom stereocenters. The number of aryl methyl sites for hydroxylation is 2. The van der Waals surface area contributed by atoms with Crippen LogP contribution in [0.5, 0.6) is 0 Å². The van der Waals surface area contributed by atoms with Crippen molar-refractivity contribution < 1.29 is 4.79 Å².